The van der Waals surface area contributed by atoms with Gasteiger partial charge in [0.15, 0.2) is 5.17 Å². The Bertz CT molecular complexity index is 765. The van der Waals surface area contributed by atoms with Gasteiger partial charge in [0.25, 0.3) is 0 Å². The van der Waals surface area contributed by atoms with E-state index in [1.54, 1.807) is 6.21 Å². The first kappa shape index (κ1) is 19.6. The topological polar surface area (TPSA) is 94.4 Å². The van der Waals surface area contributed by atoms with E-state index in [4.69, 9.17) is 5.11 Å². The number of benzene rings is 1. The number of carboxylic acid groups (broad SMARTS) is 1. The Morgan fingerprint density at radius 3 is 3.11 bits per heavy atom. The van der Waals surface area contributed by atoms with Gasteiger partial charge in [0.1, 0.15) is 5.25 Å². The molecule has 3 rings (SSSR count). The van der Waals surface area contributed by atoms with Crippen LogP contribution >= 0.6 is 11.8 Å². The van der Waals surface area contributed by atoms with Gasteiger partial charge in [-0.05, 0) is 42.5 Å². The normalized spacial score (nSPS) is 25.2. The van der Waals surface area contributed by atoms with Gasteiger partial charge in [-0.1, -0.05) is 36.9 Å². The number of carbonyl (C=O) groups is 2. The van der Waals surface area contributed by atoms with Gasteiger partial charge in [-0.2, -0.15) is 5.10 Å². The maximum atomic E-state index is 11.7. The van der Waals surface area contributed by atoms with Crippen LogP contribution in [0.3, 0.4) is 0 Å². The van der Waals surface area contributed by atoms with E-state index >= 15 is 0 Å². The summed E-state index contributed by atoms with van der Waals surface area (Å²) in [5, 5.41) is 19.1. The zero-order valence-corrected chi connectivity index (χ0v) is 16.1. The minimum absolute atomic E-state index is 0.226. The van der Waals surface area contributed by atoms with Crippen molar-refractivity contribution >= 4 is 35.0 Å². The average molecular weight is 388 g/mol. The fourth-order valence-corrected chi connectivity index (χ4v) is 4.27. The highest BCUT2D eigenvalue weighted by molar-refractivity contribution is 8.15. The molecule has 0 spiro atoms. The molecule has 7 nitrogen and oxygen atoms in total. The lowest BCUT2D eigenvalue weighted by Gasteiger charge is -2.30. The van der Waals surface area contributed by atoms with Gasteiger partial charge in [-0.3, -0.25) is 14.5 Å². The van der Waals surface area contributed by atoms with Crippen molar-refractivity contribution in [3.8, 4) is 0 Å². The Morgan fingerprint density at radius 1 is 1.48 bits per heavy atom. The zero-order valence-electron chi connectivity index (χ0n) is 15.3. The first-order chi connectivity index (χ1) is 13.0. The van der Waals surface area contributed by atoms with Crippen molar-refractivity contribution in [3.63, 3.8) is 0 Å². The second kappa shape index (κ2) is 9.14. The molecule has 2 N–H and O–H groups in total. The van der Waals surface area contributed by atoms with Gasteiger partial charge in [0.05, 0.1) is 12.6 Å². The van der Waals surface area contributed by atoms with Gasteiger partial charge < -0.3 is 10.4 Å². The molecule has 2 aliphatic heterocycles. The number of hydrogen-bond acceptors (Lipinski definition) is 6. The van der Waals surface area contributed by atoms with E-state index in [0.717, 1.165) is 42.9 Å². The molecule has 2 heterocycles. The number of rotatable bonds is 6. The summed E-state index contributed by atoms with van der Waals surface area (Å²) < 4.78 is 0. The number of carboxylic acids is 1. The number of thioether (sulfide) groups is 1. The van der Waals surface area contributed by atoms with Crippen molar-refractivity contribution < 1.29 is 14.7 Å². The van der Waals surface area contributed by atoms with Gasteiger partial charge in [-0.15, -0.1) is 5.10 Å². The monoisotopic (exact) mass is 388 g/mol. The third kappa shape index (κ3) is 5.90. The fourth-order valence-electron chi connectivity index (χ4n) is 3.35. The molecule has 2 saturated heterocycles. The quantitative estimate of drug-likeness (QED) is 0.576. The van der Waals surface area contributed by atoms with E-state index in [9.17, 15) is 9.59 Å². The lowest BCUT2D eigenvalue weighted by Crippen LogP contribution is -2.33. The van der Waals surface area contributed by atoms with Gasteiger partial charge in [0.2, 0.25) is 5.91 Å². The van der Waals surface area contributed by atoms with Gasteiger partial charge >= 0.3 is 5.97 Å². The molecule has 1 aromatic carbocycles. The van der Waals surface area contributed by atoms with E-state index in [2.05, 4.69) is 39.5 Å². The molecule has 2 unspecified atom stereocenters. The van der Waals surface area contributed by atoms with Crippen molar-refractivity contribution in [1.29, 1.82) is 0 Å². The Morgan fingerprint density at radius 2 is 2.33 bits per heavy atom. The van der Waals surface area contributed by atoms with Crippen LogP contribution in [0, 0.1) is 5.92 Å². The number of amides is 1. The molecule has 1 amide bonds. The summed E-state index contributed by atoms with van der Waals surface area (Å²) in [6.07, 6.45) is 3.99. The Kier molecular flexibility index (Phi) is 6.63. The number of amidine groups is 1. The standard InChI is InChI=1S/C19H24N4O3S/c1-13-4-3-7-23(11-13)12-15-6-2-5-14(8-15)10-20-22-19-21-18(26)16(27-19)9-17(24)25/h2,5-6,8,10,13,16H,3-4,7,9,11-12H2,1H3,(H,24,25)(H,21,22,26). The van der Waals surface area contributed by atoms with Crippen LogP contribution in [0.15, 0.2) is 34.5 Å². The lowest BCUT2D eigenvalue weighted by molar-refractivity contribution is -0.138. The van der Waals surface area contributed by atoms with Crippen molar-refractivity contribution in [2.45, 2.75) is 38.0 Å². The summed E-state index contributed by atoms with van der Waals surface area (Å²) in [6, 6.07) is 8.18. The highest BCUT2D eigenvalue weighted by atomic mass is 32.2. The maximum absolute atomic E-state index is 11.7. The van der Waals surface area contributed by atoms with Crippen LogP contribution in [0.5, 0.6) is 0 Å². The minimum Gasteiger partial charge on any atom is -0.481 e. The summed E-state index contributed by atoms with van der Waals surface area (Å²) in [6.45, 7) is 5.52. The Balaban J connectivity index is 1.57. The molecule has 2 fully saturated rings. The van der Waals surface area contributed by atoms with Crippen molar-refractivity contribution in [2.75, 3.05) is 13.1 Å². The average Bonchev–Trinajstić information content (AvgIpc) is 2.94. The largest absolute Gasteiger partial charge is 0.481 e. The van der Waals surface area contributed by atoms with Crippen LogP contribution in [0.4, 0.5) is 0 Å². The number of nitrogens with one attached hydrogen (secondary N) is 1. The predicted molar refractivity (Wildman–Crippen MR) is 107 cm³/mol. The second-order valence-electron chi connectivity index (χ2n) is 7.07. The molecule has 0 radical (unpaired) electrons. The van der Waals surface area contributed by atoms with Gasteiger partial charge in [0, 0.05) is 13.1 Å². The molecule has 1 aromatic rings. The molecule has 2 aliphatic rings. The first-order valence-corrected chi connectivity index (χ1v) is 9.99. The molecule has 144 valence electrons. The van der Waals surface area contributed by atoms with Crippen LogP contribution in [0.1, 0.15) is 37.3 Å². The molecule has 0 aliphatic carbocycles. The molecule has 0 aromatic heterocycles. The highest BCUT2D eigenvalue weighted by Crippen LogP contribution is 2.22. The molecule has 2 atom stereocenters. The third-order valence-electron chi connectivity index (χ3n) is 4.59. The van der Waals surface area contributed by atoms with E-state index in [1.165, 1.54) is 18.4 Å². The third-order valence-corrected chi connectivity index (χ3v) is 5.66. The highest BCUT2D eigenvalue weighted by Gasteiger charge is 2.32. The van der Waals surface area contributed by atoms with E-state index in [0.29, 0.717) is 5.17 Å². The van der Waals surface area contributed by atoms with Crippen LogP contribution in [-0.2, 0) is 16.1 Å². The van der Waals surface area contributed by atoms with Crippen molar-refractivity contribution in [2.24, 2.45) is 16.1 Å². The van der Waals surface area contributed by atoms with Crippen LogP contribution in [0.2, 0.25) is 0 Å². The van der Waals surface area contributed by atoms with Crippen LogP contribution in [-0.4, -0.2) is 51.6 Å². The first-order valence-electron chi connectivity index (χ1n) is 9.11. The van der Waals surface area contributed by atoms with Crippen molar-refractivity contribution in [1.82, 2.24) is 10.2 Å². The van der Waals surface area contributed by atoms with E-state index < -0.39 is 11.2 Å². The molecule has 0 saturated carbocycles. The maximum Gasteiger partial charge on any atom is 0.305 e. The number of aliphatic carboxylic acids is 1. The molecular weight excluding hydrogens is 364 g/mol. The summed E-state index contributed by atoms with van der Waals surface area (Å²) in [5.41, 5.74) is 2.18. The Hall–Kier alpha value is -2.19. The minimum atomic E-state index is -1.01. The van der Waals surface area contributed by atoms with Crippen LogP contribution < -0.4 is 5.32 Å². The Labute approximate surface area is 162 Å². The van der Waals surface area contributed by atoms with Crippen LogP contribution in [0.25, 0.3) is 0 Å². The molecular formula is C19H24N4O3S. The summed E-state index contributed by atoms with van der Waals surface area (Å²) in [4.78, 5) is 24.9. The molecule has 8 heteroatoms. The summed E-state index contributed by atoms with van der Waals surface area (Å²) in [7, 11) is 0. The summed E-state index contributed by atoms with van der Waals surface area (Å²) >= 11 is 1.10. The smallest absolute Gasteiger partial charge is 0.305 e. The number of hydrogen-bond donors (Lipinski definition) is 2. The fraction of sp³-hybridized carbons (Fsp3) is 0.474. The number of likely N-dealkylation sites (tertiary alicyclic amines) is 1. The van der Waals surface area contributed by atoms with Crippen molar-refractivity contribution in [3.05, 3.63) is 35.4 Å². The lowest BCUT2D eigenvalue weighted by atomic mass is 9.99. The zero-order chi connectivity index (χ0) is 19.2. The SMILES string of the molecule is CC1CCCN(Cc2cccc(C=NN=C3NC(=O)C(CC(=O)O)S3)c2)C1. The summed E-state index contributed by atoms with van der Waals surface area (Å²) in [5.74, 6) is -0.593. The number of nitrogens with zero attached hydrogens (tertiary/aromatic N) is 3. The van der Waals surface area contributed by atoms with E-state index in [1.807, 2.05) is 12.1 Å². The molecule has 27 heavy (non-hydrogen) atoms. The van der Waals surface area contributed by atoms with Gasteiger partial charge in [-0.25, -0.2) is 0 Å². The molecule has 0 bridgehead atoms. The predicted octanol–water partition coefficient (Wildman–Crippen LogP) is 2.31. The second-order valence-corrected chi connectivity index (χ2v) is 8.26. The van der Waals surface area contributed by atoms with E-state index in [-0.39, 0.29) is 12.3 Å². The number of piperidine rings is 1. The number of carbonyl (C=O) groups excluding carboxylic acids is 1.